The fraction of sp³-hybridized carbons (Fsp3) is 0.524. The number of fused-ring (bicyclic) bond motifs is 1. The first kappa shape index (κ1) is 26.9. The molecule has 2 aromatic rings. The third-order valence-electron chi connectivity index (χ3n) is 5.32. The number of aliphatic imine (C=N–C) groups is 1. The van der Waals surface area contributed by atoms with Crippen molar-refractivity contribution in [1.82, 2.24) is 10.2 Å². The average molecular weight is 534 g/mol. The van der Waals surface area contributed by atoms with Crippen LogP contribution in [0.1, 0.15) is 54.0 Å². The first-order valence-corrected chi connectivity index (χ1v) is 13.1. The van der Waals surface area contributed by atoms with Gasteiger partial charge in [-0.25, -0.2) is 4.79 Å². The van der Waals surface area contributed by atoms with Gasteiger partial charge in [-0.2, -0.15) is 21.6 Å². The molecule has 3 rings (SSSR count). The topological polar surface area (TPSA) is 114 Å². The van der Waals surface area contributed by atoms with E-state index in [0.29, 0.717) is 30.0 Å². The summed E-state index contributed by atoms with van der Waals surface area (Å²) in [7, 11) is -3.81. The number of hydrogen-bond donors (Lipinski definition) is 1. The molecule has 1 aromatic heterocycles. The maximum absolute atomic E-state index is 13.0. The summed E-state index contributed by atoms with van der Waals surface area (Å²) in [6.45, 7) is 5.42. The van der Waals surface area contributed by atoms with E-state index in [4.69, 9.17) is 4.74 Å². The predicted octanol–water partition coefficient (Wildman–Crippen LogP) is 4.47. The number of halogens is 3. The lowest BCUT2D eigenvalue weighted by atomic mass is 9.96. The SMILES string of the molecule is CC(C)OC(=O)c1nnc(CCC=Nc2cc3c(cc2NS(=O)(=O)C(F)(F)F)N(C)C(C)CC3)s1. The van der Waals surface area contributed by atoms with Crippen LogP contribution in [0.2, 0.25) is 0 Å². The van der Waals surface area contributed by atoms with E-state index in [1.807, 2.05) is 11.8 Å². The summed E-state index contributed by atoms with van der Waals surface area (Å²) in [6, 6.07) is 3.14. The van der Waals surface area contributed by atoms with Crippen LogP contribution >= 0.6 is 11.3 Å². The lowest BCUT2D eigenvalue weighted by Crippen LogP contribution is -2.34. The van der Waals surface area contributed by atoms with Crippen LogP contribution in [-0.4, -0.2) is 55.5 Å². The van der Waals surface area contributed by atoms with Gasteiger partial charge in [-0.15, -0.1) is 10.2 Å². The minimum absolute atomic E-state index is 0.0815. The molecule has 1 unspecified atom stereocenters. The van der Waals surface area contributed by atoms with Gasteiger partial charge in [-0.1, -0.05) is 11.3 Å². The molecule has 192 valence electrons. The molecule has 0 amide bonds. The van der Waals surface area contributed by atoms with Gasteiger partial charge in [0.1, 0.15) is 5.01 Å². The number of esters is 1. The van der Waals surface area contributed by atoms with E-state index in [-0.39, 0.29) is 28.5 Å². The van der Waals surface area contributed by atoms with Crippen molar-refractivity contribution in [2.75, 3.05) is 16.7 Å². The molecule has 35 heavy (non-hydrogen) atoms. The maximum atomic E-state index is 13.0. The van der Waals surface area contributed by atoms with E-state index < -0.39 is 21.5 Å². The standard InChI is InChI=1S/C21H26F3N5O4S2/c1-12(2)33-20(30)19-27-26-18(34-19)6-5-9-25-15-10-14-8-7-13(3)29(4)17(14)11-16(15)28-35(31,32)21(22,23)24/h9-13,28H,5-8H2,1-4H3. The molecule has 0 fully saturated rings. The van der Waals surface area contributed by atoms with Gasteiger partial charge in [-0.05, 0) is 57.7 Å². The number of rotatable bonds is 8. The van der Waals surface area contributed by atoms with E-state index in [1.165, 1.54) is 12.3 Å². The number of carbonyl (C=O) groups is 1. The van der Waals surface area contributed by atoms with E-state index in [2.05, 4.69) is 15.2 Å². The van der Waals surface area contributed by atoms with Gasteiger partial charge in [0.25, 0.3) is 0 Å². The van der Waals surface area contributed by atoms with Gasteiger partial charge in [-0.3, -0.25) is 9.71 Å². The van der Waals surface area contributed by atoms with Gasteiger partial charge < -0.3 is 9.64 Å². The number of benzene rings is 1. The zero-order valence-electron chi connectivity index (χ0n) is 19.6. The number of nitrogens with zero attached hydrogens (tertiary/aromatic N) is 4. The van der Waals surface area contributed by atoms with E-state index in [1.54, 1.807) is 31.7 Å². The van der Waals surface area contributed by atoms with Crippen molar-refractivity contribution in [2.24, 2.45) is 4.99 Å². The van der Waals surface area contributed by atoms with Gasteiger partial charge >= 0.3 is 21.5 Å². The molecule has 0 spiro atoms. The molecule has 1 atom stereocenters. The molecule has 0 saturated heterocycles. The molecule has 1 aliphatic rings. The largest absolute Gasteiger partial charge is 0.516 e. The van der Waals surface area contributed by atoms with Crippen LogP contribution in [0.4, 0.5) is 30.2 Å². The number of alkyl halides is 3. The Bertz CT molecular complexity index is 1210. The monoisotopic (exact) mass is 533 g/mol. The third kappa shape index (κ3) is 6.48. The predicted molar refractivity (Wildman–Crippen MR) is 128 cm³/mol. The van der Waals surface area contributed by atoms with Crippen molar-refractivity contribution in [2.45, 2.75) is 64.1 Å². The molecular weight excluding hydrogens is 507 g/mol. The Balaban J connectivity index is 1.80. The van der Waals surface area contributed by atoms with Crippen molar-refractivity contribution < 1.29 is 31.1 Å². The Morgan fingerprint density at radius 1 is 1.37 bits per heavy atom. The molecule has 1 aliphatic heterocycles. The van der Waals surface area contributed by atoms with Crippen molar-refractivity contribution in [3.8, 4) is 0 Å². The van der Waals surface area contributed by atoms with Crippen LogP contribution < -0.4 is 9.62 Å². The first-order chi connectivity index (χ1) is 16.3. The van der Waals surface area contributed by atoms with Crippen LogP contribution in [-0.2, 0) is 27.6 Å². The lowest BCUT2D eigenvalue weighted by Gasteiger charge is -2.34. The van der Waals surface area contributed by atoms with E-state index >= 15 is 0 Å². The Kier molecular flexibility index (Phi) is 8.04. The maximum Gasteiger partial charge on any atom is 0.516 e. The smallest absolute Gasteiger partial charge is 0.458 e. The molecule has 1 N–H and O–H groups in total. The second kappa shape index (κ2) is 10.5. The number of carbonyl (C=O) groups excluding carboxylic acids is 1. The molecule has 1 aromatic carbocycles. The van der Waals surface area contributed by atoms with Crippen LogP contribution in [0.3, 0.4) is 0 Å². The Morgan fingerprint density at radius 2 is 2.09 bits per heavy atom. The molecule has 0 bridgehead atoms. The first-order valence-electron chi connectivity index (χ1n) is 10.8. The number of aryl methyl sites for hydroxylation is 2. The number of nitrogens with one attached hydrogen (secondary N) is 1. The van der Waals surface area contributed by atoms with Crippen molar-refractivity contribution in [3.05, 3.63) is 27.7 Å². The molecule has 0 saturated carbocycles. The van der Waals surface area contributed by atoms with E-state index in [9.17, 15) is 26.4 Å². The molecular formula is C21H26F3N5O4S2. The molecule has 0 aliphatic carbocycles. The highest BCUT2D eigenvalue weighted by atomic mass is 32.2. The average Bonchev–Trinajstić information content (AvgIpc) is 3.22. The summed E-state index contributed by atoms with van der Waals surface area (Å²) in [5.74, 6) is -0.563. The second-order valence-electron chi connectivity index (χ2n) is 8.35. The fourth-order valence-electron chi connectivity index (χ4n) is 3.39. The number of anilines is 2. The normalized spacial score (nSPS) is 16.6. The number of hydrogen-bond acceptors (Lipinski definition) is 9. The van der Waals surface area contributed by atoms with Gasteiger partial charge in [0.15, 0.2) is 0 Å². The van der Waals surface area contributed by atoms with Gasteiger partial charge in [0.2, 0.25) is 5.01 Å². The van der Waals surface area contributed by atoms with Gasteiger partial charge in [0, 0.05) is 31.4 Å². The zero-order valence-corrected chi connectivity index (χ0v) is 21.2. The summed E-state index contributed by atoms with van der Waals surface area (Å²) in [5, 5.41) is 8.43. The van der Waals surface area contributed by atoms with Gasteiger partial charge in [0.05, 0.1) is 17.5 Å². The Hall–Kier alpha value is -2.74. The van der Waals surface area contributed by atoms with Crippen molar-refractivity contribution >= 4 is 50.6 Å². The minimum atomic E-state index is -5.62. The summed E-state index contributed by atoms with van der Waals surface area (Å²) in [5.41, 5.74) is -4.12. The van der Waals surface area contributed by atoms with Crippen LogP contribution in [0.15, 0.2) is 17.1 Å². The molecule has 0 radical (unpaired) electrons. The molecule has 9 nitrogen and oxygen atoms in total. The van der Waals surface area contributed by atoms with Crippen LogP contribution in [0, 0.1) is 0 Å². The second-order valence-corrected chi connectivity index (χ2v) is 11.1. The highest BCUT2D eigenvalue weighted by Crippen LogP contribution is 2.39. The summed E-state index contributed by atoms with van der Waals surface area (Å²) < 4.78 is 69.3. The Labute approximate surface area is 205 Å². The van der Waals surface area contributed by atoms with Crippen molar-refractivity contribution in [1.29, 1.82) is 0 Å². The Morgan fingerprint density at radius 3 is 2.74 bits per heavy atom. The summed E-state index contributed by atoms with van der Waals surface area (Å²) in [6.07, 6.45) is 3.44. The summed E-state index contributed by atoms with van der Waals surface area (Å²) in [4.78, 5) is 18.0. The quantitative estimate of drug-likeness (QED) is 0.393. The van der Waals surface area contributed by atoms with Crippen LogP contribution in [0.25, 0.3) is 0 Å². The highest BCUT2D eigenvalue weighted by Gasteiger charge is 2.46. The summed E-state index contributed by atoms with van der Waals surface area (Å²) >= 11 is 1.08. The van der Waals surface area contributed by atoms with E-state index in [0.717, 1.165) is 23.3 Å². The zero-order chi connectivity index (χ0) is 26.0. The number of aromatic nitrogens is 2. The number of sulfonamides is 1. The lowest BCUT2D eigenvalue weighted by molar-refractivity contribution is -0.0429. The molecule has 14 heteroatoms. The molecule has 2 heterocycles. The van der Waals surface area contributed by atoms with Crippen LogP contribution in [0.5, 0.6) is 0 Å². The third-order valence-corrected chi connectivity index (χ3v) is 7.38. The minimum Gasteiger partial charge on any atom is -0.458 e. The highest BCUT2D eigenvalue weighted by molar-refractivity contribution is 7.93. The van der Waals surface area contributed by atoms with Crippen molar-refractivity contribution in [3.63, 3.8) is 0 Å². The number of ether oxygens (including phenoxy) is 1. The fourth-order valence-corrected chi connectivity index (χ4v) is 4.69.